The van der Waals surface area contributed by atoms with Crippen molar-refractivity contribution in [2.45, 2.75) is 32.4 Å². The van der Waals surface area contributed by atoms with E-state index in [1.165, 1.54) is 18.4 Å². The lowest BCUT2D eigenvalue weighted by molar-refractivity contribution is 0.0736. The number of hydrogen-bond donors (Lipinski definition) is 1. The predicted octanol–water partition coefficient (Wildman–Crippen LogP) is 3.61. The number of nitrogens with zero attached hydrogens (tertiary/aromatic N) is 3. The van der Waals surface area contributed by atoms with Gasteiger partial charge in [-0.1, -0.05) is 30.3 Å². The molecule has 3 saturated heterocycles. The summed E-state index contributed by atoms with van der Waals surface area (Å²) in [5, 5.41) is 0. The molecule has 3 aliphatic rings. The smallest absolute Gasteiger partial charge is 0.253 e. The van der Waals surface area contributed by atoms with E-state index >= 15 is 0 Å². The van der Waals surface area contributed by atoms with Crippen molar-refractivity contribution >= 4 is 16.9 Å². The summed E-state index contributed by atoms with van der Waals surface area (Å²) in [6.45, 7) is 5.68. The van der Waals surface area contributed by atoms with Crippen molar-refractivity contribution in [3.8, 4) is 0 Å². The summed E-state index contributed by atoms with van der Waals surface area (Å²) in [5.41, 5.74) is 3.96. The van der Waals surface area contributed by atoms with Gasteiger partial charge < -0.3 is 9.88 Å². The lowest BCUT2D eigenvalue weighted by Crippen LogP contribution is -2.43. The number of piperidine rings is 1. The topological polar surface area (TPSA) is 52.2 Å². The first-order valence-electron chi connectivity index (χ1n) is 10.2. The van der Waals surface area contributed by atoms with E-state index < -0.39 is 0 Å². The van der Waals surface area contributed by atoms with E-state index in [1.807, 2.05) is 25.1 Å². The Balaban J connectivity index is 1.35. The van der Waals surface area contributed by atoms with E-state index in [1.54, 1.807) is 0 Å². The molecule has 2 bridgehead atoms. The van der Waals surface area contributed by atoms with Crippen LogP contribution in [0.1, 0.15) is 34.6 Å². The number of imidazole rings is 1. The van der Waals surface area contributed by atoms with Gasteiger partial charge in [0.1, 0.15) is 5.82 Å². The molecule has 5 nitrogen and oxygen atoms in total. The van der Waals surface area contributed by atoms with Crippen LogP contribution < -0.4 is 0 Å². The fraction of sp³-hybridized carbons (Fsp3) is 0.391. The molecular weight excluding hydrogens is 348 g/mol. The van der Waals surface area contributed by atoms with E-state index in [2.05, 4.69) is 50.1 Å². The van der Waals surface area contributed by atoms with Crippen molar-refractivity contribution in [3.05, 3.63) is 65.5 Å². The van der Waals surface area contributed by atoms with Crippen molar-refractivity contribution in [2.24, 2.45) is 5.92 Å². The summed E-state index contributed by atoms with van der Waals surface area (Å²) < 4.78 is 0. The maximum atomic E-state index is 13.3. The van der Waals surface area contributed by atoms with Crippen molar-refractivity contribution in [1.29, 1.82) is 0 Å². The maximum absolute atomic E-state index is 13.3. The number of amides is 1. The molecule has 0 spiro atoms. The summed E-state index contributed by atoms with van der Waals surface area (Å²) in [4.78, 5) is 25.6. The second-order valence-electron chi connectivity index (χ2n) is 8.28. The van der Waals surface area contributed by atoms with Crippen LogP contribution in [0.25, 0.3) is 11.0 Å². The highest BCUT2D eigenvalue weighted by Crippen LogP contribution is 2.30. The van der Waals surface area contributed by atoms with Gasteiger partial charge >= 0.3 is 0 Å². The number of nitrogens with one attached hydrogen (secondary N) is 1. The number of carbonyl (C=O) groups is 1. The third-order valence-corrected chi connectivity index (χ3v) is 6.19. The zero-order valence-electron chi connectivity index (χ0n) is 16.3. The van der Waals surface area contributed by atoms with Gasteiger partial charge in [-0.15, -0.1) is 0 Å². The van der Waals surface area contributed by atoms with Gasteiger partial charge in [0.15, 0.2) is 0 Å². The van der Waals surface area contributed by atoms with Gasteiger partial charge in [0.2, 0.25) is 0 Å². The number of aryl methyl sites for hydroxylation is 1. The van der Waals surface area contributed by atoms with Crippen LogP contribution in [0, 0.1) is 12.8 Å². The lowest BCUT2D eigenvalue weighted by Gasteiger charge is -2.36. The molecule has 6 rings (SSSR count). The van der Waals surface area contributed by atoms with E-state index in [9.17, 15) is 4.79 Å². The highest BCUT2D eigenvalue weighted by atomic mass is 16.2. The Hall–Kier alpha value is -2.66. The minimum Gasteiger partial charge on any atom is -0.342 e. The highest BCUT2D eigenvalue weighted by molar-refractivity contribution is 5.97. The monoisotopic (exact) mass is 374 g/mol. The van der Waals surface area contributed by atoms with E-state index in [4.69, 9.17) is 0 Å². The standard InChI is InChI=1S/C23H26N4O/c1-16-24-21-10-8-19(11-22(21)25-16)23(28)27-14-18-7-9-20(15-27)26(13-18)12-17-5-3-2-4-6-17/h2-6,8,10-11,18,20H,7,9,12-15H2,1H3,(H,24,25)/t18-,20-/m0/s1. The first kappa shape index (κ1) is 17.4. The van der Waals surface area contributed by atoms with Crippen molar-refractivity contribution in [3.63, 3.8) is 0 Å². The molecule has 144 valence electrons. The molecule has 2 aromatic carbocycles. The highest BCUT2D eigenvalue weighted by Gasteiger charge is 2.36. The van der Waals surface area contributed by atoms with Gasteiger partial charge in [-0.2, -0.15) is 0 Å². The molecule has 0 unspecified atom stereocenters. The average Bonchev–Trinajstić information content (AvgIpc) is 2.86. The Morgan fingerprint density at radius 1 is 1.11 bits per heavy atom. The van der Waals surface area contributed by atoms with Gasteiger partial charge in [0.25, 0.3) is 5.91 Å². The van der Waals surface area contributed by atoms with Gasteiger partial charge in [0, 0.05) is 37.8 Å². The Morgan fingerprint density at radius 3 is 2.82 bits per heavy atom. The Bertz CT molecular complexity index is 996. The van der Waals surface area contributed by atoms with Gasteiger partial charge in [0.05, 0.1) is 11.0 Å². The van der Waals surface area contributed by atoms with Crippen LogP contribution in [0.3, 0.4) is 0 Å². The molecule has 0 aliphatic carbocycles. The second-order valence-corrected chi connectivity index (χ2v) is 8.28. The molecule has 5 heteroatoms. The summed E-state index contributed by atoms with van der Waals surface area (Å²) in [6.07, 6.45) is 2.40. The molecule has 3 aliphatic heterocycles. The molecule has 4 heterocycles. The number of aromatic nitrogens is 2. The first-order chi connectivity index (χ1) is 13.7. The number of H-pyrrole nitrogens is 1. The molecular formula is C23H26N4O. The Kier molecular flexibility index (Phi) is 4.40. The zero-order chi connectivity index (χ0) is 19.1. The molecule has 1 N–H and O–H groups in total. The molecule has 3 aromatic rings. The normalized spacial score (nSPS) is 22.5. The summed E-state index contributed by atoms with van der Waals surface area (Å²) in [7, 11) is 0. The SMILES string of the molecule is Cc1nc2ccc(C(=O)N3C[C@H]4CC[C@@H](C3)N(Cc3ccccc3)C4)cc2[nH]1. The minimum absolute atomic E-state index is 0.146. The second kappa shape index (κ2) is 7.06. The molecule has 0 saturated carbocycles. The third kappa shape index (κ3) is 3.31. The summed E-state index contributed by atoms with van der Waals surface area (Å²) in [6, 6.07) is 16.9. The summed E-state index contributed by atoms with van der Waals surface area (Å²) in [5.74, 6) is 1.58. The van der Waals surface area contributed by atoms with Crippen LogP contribution in [0.5, 0.6) is 0 Å². The van der Waals surface area contributed by atoms with Crippen molar-refractivity contribution in [1.82, 2.24) is 19.8 Å². The van der Waals surface area contributed by atoms with Gasteiger partial charge in [-0.05, 0) is 49.4 Å². The number of aromatic amines is 1. The number of benzene rings is 2. The molecule has 2 atom stereocenters. The zero-order valence-corrected chi connectivity index (χ0v) is 16.3. The third-order valence-electron chi connectivity index (χ3n) is 6.19. The first-order valence-corrected chi connectivity index (χ1v) is 10.2. The van der Waals surface area contributed by atoms with Gasteiger partial charge in [-0.3, -0.25) is 9.69 Å². The Labute approximate surface area is 165 Å². The fourth-order valence-corrected chi connectivity index (χ4v) is 4.81. The number of carbonyl (C=O) groups excluding carboxylic acids is 1. The van der Waals surface area contributed by atoms with Crippen LogP contribution in [0.4, 0.5) is 0 Å². The van der Waals surface area contributed by atoms with Crippen molar-refractivity contribution < 1.29 is 4.79 Å². The van der Waals surface area contributed by atoms with E-state index in [-0.39, 0.29) is 5.91 Å². The predicted molar refractivity (Wildman–Crippen MR) is 110 cm³/mol. The molecule has 3 fully saturated rings. The van der Waals surface area contributed by atoms with Crippen LogP contribution in [0.15, 0.2) is 48.5 Å². The molecule has 1 amide bonds. The van der Waals surface area contributed by atoms with Crippen LogP contribution in [-0.2, 0) is 6.54 Å². The van der Waals surface area contributed by atoms with Crippen LogP contribution >= 0.6 is 0 Å². The summed E-state index contributed by atoms with van der Waals surface area (Å²) >= 11 is 0. The molecule has 0 radical (unpaired) electrons. The number of fused-ring (bicyclic) bond motifs is 5. The number of rotatable bonds is 3. The molecule has 28 heavy (non-hydrogen) atoms. The lowest BCUT2D eigenvalue weighted by atomic mass is 9.94. The molecule has 1 aromatic heterocycles. The maximum Gasteiger partial charge on any atom is 0.253 e. The fourth-order valence-electron chi connectivity index (χ4n) is 4.81. The largest absolute Gasteiger partial charge is 0.342 e. The van der Waals surface area contributed by atoms with Crippen LogP contribution in [-0.4, -0.2) is 51.4 Å². The van der Waals surface area contributed by atoms with Crippen molar-refractivity contribution in [2.75, 3.05) is 19.6 Å². The minimum atomic E-state index is 0.146. The average molecular weight is 374 g/mol. The van der Waals surface area contributed by atoms with Crippen LogP contribution in [0.2, 0.25) is 0 Å². The van der Waals surface area contributed by atoms with Gasteiger partial charge in [-0.25, -0.2) is 4.98 Å². The van der Waals surface area contributed by atoms with E-state index in [0.29, 0.717) is 12.0 Å². The number of hydrogen-bond acceptors (Lipinski definition) is 3. The quantitative estimate of drug-likeness (QED) is 0.762. The Morgan fingerprint density at radius 2 is 1.96 bits per heavy atom. The van der Waals surface area contributed by atoms with E-state index in [0.717, 1.165) is 48.6 Å².